The lowest BCUT2D eigenvalue weighted by Crippen LogP contribution is -2.50. The molecule has 34 heavy (non-hydrogen) atoms. The molecule has 0 saturated carbocycles. The number of benzene rings is 2. The maximum atomic E-state index is 13.0. The van der Waals surface area contributed by atoms with Crippen LogP contribution in [0, 0.1) is 10.1 Å². The lowest BCUT2D eigenvalue weighted by atomic mass is 9.92. The predicted octanol–water partition coefficient (Wildman–Crippen LogP) is 3.79. The van der Waals surface area contributed by atoms with Crippen LogP contribution < -0.4 is 5.32 Å². The van der Waals surface area contributed by atoms with Crippen molar-refractivity contribution < 1.29 is 18.1 Å². The summed E-state index contributed by atoms with van der Waals surface area (Å²) in [4.78, 5) is 25.1. The lowest BCUT2D eigenvalue weighted by Gasteiger charge is -2.33. The molecule has 0 bridgehead atoms. The Kier molecular flexibility index (Phi) is 8.06. The summed E-state index contributed by atoms with van der Waals surface area (Å²) >= 11 is 0. The van der Waals surface area contributed by atoms with Gasteiger partial charge in [-0.15, -0.1) is 0 Å². The Morgan fingerprint density at radius 1 is 0.971 bits per heavy atom. The highest BCUT2D eigenvalue weighted by Crippen LogP contribution is 2.32. The van der Waals surface area contributed by atoms with Crippen LogP contribution in [0.5, 0.6) is 0 Å². The number of nitrogens with zero attached hydrogens (tertiary/aromatic N) is 3. The number of nitrogens with one attached hydrogen (secondary N) is 1. The van der Waals surface area contributed by atoms with Crippen LogP contribution in [0.4, 0.5) is 11.4 Å². The summed E-state index contributed by atoms with van der Waals surface area (Å²) in [7, 11) is -4.00. The fourth-order valence-electron chi connectivity index (χ4n) is 4.17. The average molecular weight is 489 g/mol. The highest BCUT2D eigenvalue weighted by atomic mass is 32.2. The van der Waals surface area contributed by atoms with Crippen LogP contribution in [0.3, 0.4) is 0 Å². The van der Waals surface area contributed by atoms with Crippen LogP contribution in [-0.2, 0) is 14.8 Å². The summed E-state index contributed by atoms with van der Waals surface area (Å²) in [6, 6.07) is 11.4. The molecule has 0 radical (unpaired) electrons. The molecule has 1 aliphatic rings. The summed E-state index contributed by atoms with van der Waals surface area (Å²) in [5, 5.41) is 14.4. The molecular weight excluding hydrogens is 456 g/mol. The van der Waals surface area contributed by atoms with E-state index in [1.165, 1.54) is 28.6 Å². The summed E-state index contributed by atoms with van der Waals surface area (Å²) in [6.07, 6.45) is 0. The first-order valence-corrected chi connectivity index (χ1v) is 12.8. The van der Waals surface area contributed by atoms with Gasteiger partial charge in [0.15, 0.2) is 4.90 Å². The van der Waals surface area contributed by atoms with E-state index >= 15 is 0 Å². The summed E-state index contributed by atoms with van der Waals surface area (Å²) in [5.74, 6) is 0.361. The second-order valence-electron chi connectivity index (χ2n) is 9.07. The molecule has 1 aliphatic heterocycles. The molecular formula is C24H32N4O5S. The second-order valence-corrected chi connectivity index (χ2v) is 11.0. The third-order valence-corrected chi connectivity index (χ3v) is 7.96. The van der Waals surface area contributed by atoms with E-state index in [0.29, 0.717) is 13.1 Å². The summed E-state index contributed by atoms with van der Waals surface area (Å²) < 4.78 is 27.3. The normalized spacial score (nSPS) is 15.6. The molecule has 0 spiro atoms. The number of rotatable bonds is 8. The van der Waals surface area contributed by atoms with Gasteiger partial charge in [-0.05, 0) is 29.0 Å². The summed E-state index contributed by atoms with van der Waals surface area (Å²) in [5.41, 5.74) is 2.59. The molecule has 1 fully saturated rings. The molecule has 2 aromatic carbocycles. The molecule has 1 saturated heterocycles. The van der Waals surface area contributed by atoms with Crippen LogP contribution in [0.15, 0.2) is 47.4 Å². The van der Waals surface area contributed by atoms with Gasteiger partial charge in [-0.1, -0.05) is 58.0 Å². The zero-order valence-electron chi connectivity index (χ0n) is 20.0. The average Bonchev–Trinajstić information content (AvgIpc) is 2.79. The van der Waals surface area contributed by atoms with Crippen molar-refractivity contribution in [3.63, 3.8) is 0 Å². The molecule has 1 amide bonds. The fraction of sp³-hybridized carbons (Fsp3) is 0.458. The van der Waals surface area contributed by atoms with Crippen LogP contribution in [0.1, 0.15) is 50.7 Å². The van der Waals surface area contributed by atoms with Crippen molar-refractivity contribution in [3.05, 3.63) is 63.7 Å². The Balaban J connectivity index is 1.67. The molecule has 184 valence electrons. The highest BCUT2D eigenvalue weighted by Gasteiger charge is 2.33. The van der Waals surface area contributed by atoms with Gasteiger partial charge in [0.25, 0.3) is 5.69 Å². The first kappa shape index (κ1) is 25.8. The standard InChI is InChI=1S/C24H32N4O5S/c1-17(2)19-8-7-9-20(18(3)4)24(19)25-23(29)16-26-12-14-27(15-13-26)34(32,33)22-11-6-5-10-21(22)28(30)31/h5-11,17-18H,12-16H2,1-4H3,(H,25,29). The third kappa shape index (κ3) is 5.63. The van der Waals surface area contributed by atoms with E-state index in [4.69, 9.17) is 0 Å². The number of amides is 1. The molecule has 0 atom stereocenters. The largest absolute Gasteiger partial charge is 0.324 e. The minimum Gasteiger partial charge on any atom is -0.324 e. The predicted molar refractivity (Wildman–Crippen MR) is 132 cm³/mol. The number of piperazine rings is 1. The number of sulfonamides is 1. The van der Waals surface area contributed by atoms with Crippen LogP contribution in [-0.4, -0.2) is 61.2 Å². The molecule has 9 nitrogen and oxygen atoms in total. The third-order valence-electron chi connectivity index (χ3n) is 6.02. The van der Waals surface area contributed by atoms with Gasteiger partial charge < -0.3 is 5.32 Å². The number of carbonyl (C=O) groups is 1. The van der Waals surface area contributed by atoms with Crippen molar-refractivity contribution in [1.82, 2.24) is 9.21 Å². The first-order chi connectivity index (χ1) is 16.0. The SMILES string of the molecule is CC(C)c1cccc(C(C)C)c1NC(=O)CN1CCN(S(=O)(=O)c2ccccc2[N+](=O)[O-])CC1. The molecule has 3 rings (SSSR count). The number of nitro benzene ring substituents is 1. The molecule has 0 unspecified atom stereocenters. The Morgan fingerprint density at radius 2 is 1.53 bits per heavy atom. The van der Waals surface area contributed by atoms with Crippen molar-refractivity contribution in [2.45, 2.75) is 44.4 Å². The smallest absolute Gasteiger partial charge is 0.289 e. The Labute approximate surface area is 201 Å². The van der Waals surface area contributed by atoms with Crippen LogP contribution >= 0.6 is 0 Å². The van der Waals surface area contributed by atoms with Crippen molar-refractivity contribution >= 4 is 27.3 Å². The first-order valence-electron chi connectivity index (χ1n) is 11.4. The van der Waals surface area contributed by atoms with Gasteiger partial charge >= 0.3 is 0 Å². The molecule has 1 N–H and O–H groups in total. The summed E-state index contributed by atoms with van der Waals surface area (Å²) in [6.45, 7) is 9.52. The van der Waals surface area contributed by atoms with Crippen LogP contribution in [0.2, 0.25) is 0 Å². The van der Waals surface area contributed by atoms with E-state index < -0.39 is 20.6 Å². The molecule has 1 heterocycles. The van der Waals surface area contributed by atoms with Crippen molar-refractivity contribution in [2.24, 2.45) is 0 Å². The van der Waals surface area contributed by atoms with Crippen molar-refractivity contribution in [1.29, 1.82) is 0 Å². The van der Waals surface area contributed by atoms with Gasteiger partial charge in [-0.3, -0.25) is 19.8 Å². The molecule has 2 aromatic rings. The monoisotopic (exact) mass is 488 g/mol. The molecule has 0 aliphatic carbocycles. The second kappa shape index (κ2) is 10.6. The molecule has 0 aromatic heterocycles. The van der Waals surface area contributed by atoms with Gasteiger partial charge in [-0.25, -0.2) is 8.42 Å². The highest BCUT2D eigenvalue weighted by molar-refractivity contribution is 7.89. The fourth-order valence-corrected chi connectivity index (χ4v) is 5.75. The zero-order chi connectivity index (χ0) is 25.0. The topological polar surface area (TPSA) is 113 Å². The number of para-hydroxylation sites is 2. The molecule has 10 heteroatoms. The zero-order valence-corrected chi connectivity index (χ0v) is 20.8. The van der Waals surface area contributed by atoms with Gasteiger partial charge in [-0.2, -0.15) is 4.31 Å². The lowest BCUT2D eigenvalue weighted by molar-refractivity contribution is -0.387. The van der Waals surface area contributed by atoms with Crippen LogP contribution in [0.25, 0.3) is 0 Å². The Morgan fingerprint density at radius 3 is 2.06 bits per heavy atom. The van der Waals surface area contributed by atoms with Crippen molar-refractivity contribution in [2.75, 3.05) is 38.0 Å². The minimum atomic E-state index is -4.00. The van der Waals surface area contributed by atoms with Gasteiger partial charge in [0.1, 0.15) is 0 Å². The number of nitro groups is 1. The number of carbonyl (C=O) groups excluding carboxylic acids is 1. The Hall–Kier alpha value is -2.82. The van der Waals surface area contributed by atoms with Gasteiger partial charge in [0, 0.05) is 37.9 Å². The van der Waals surface area contributed by atoms with E-state index in [2.05, 4.69) is 33.0 Å². The van der Waals surface area contributed by atoms with Gasteiger partial charge in [0.2, 0.25) is 15.9 Å². The van der Waals surface area contributed by atoms with E-state index in [9.17, 15) is 23.3 Å². The van der Waals surface area contributed by atoms with Gasteiger partial charge in [0.05, 0.1) is 11.5 Å². The number of hydrogen-bond acceptors (Lipinski definition) is 6. The van der Waals surface area contributed by atoms with E-state index in [0.717, 1.165) is 16.8 Å². The minimum absolute atomic E-state index is 0.142. The Bertz CT molecular complexity index is 1130. The quantitative estimate of drug-likeness (QED) is 0.447. The number of anilines is 1. The number of hydrogen-bond donors (Lipinski definition) is 1. The maximum absolute atomic E-state index is 13.0. The van der Waals surface area contributed by atoms with E-state index in [1.807, 2.05) is 23.1 Å². The van der Waals surface area contributed by atoms with E-state index in [-0.39, 0.29) is 42.3 Å². The van der Waals surface area contributed by atoms with Crippen molar-refractivity contribution in [3.8, 4) is 0 Å². The van der Waals surface area contributed by atoms with E-state index in [1.54, 1.807) is 0 Å². The maximum Gasteiger partial charge on any atom is 0.289 e.